The number of carbonyl (C=O) groups excluding carboxylic acids is 1. The molecule has 1 aromatic carbocycles. The van der Waals surface area contributed by atoms with Gasteiger partial charge in [-0.15, -0.1) is 0 Å². The Morgan fingerprint density at radius 1 is 1.35 bits per heavy atom. The van der Waals surface area contributed by atoms with Gasteiger partial charge in [-0.1, -0.05) is 6.07 Å². The van der Waals surface area contributed by atoms with Crippen molar-refractivity contribution in [2.75, 3.05) is 39.8 Å². The first-order valence-corrected chi connectivity index (χ1v) is 9.49. The highest BCUT2D eigenvalue weighted by molar-refractivity contribution is 7.89. The Morgan fingerprint density at radius 2 is 2.00 bits per heavy atom. The number of benzene rings is 1. The van der Waals surface area contributed by atoms with Crippen molar-refractivity contribution in [3.63, 3.8) is 0 Å². The van der Waals surface area contributed by atoms with Gasteiger partial charge in [0, 0.05) is 52.0 Å². The molecule has 0 aliphatic carbocycles. The van der Waals surface area contributed by atoms with E-state index in [2.05, 4.69) is 0 Å². The van der Waals surface area contributed by atoms with E-state index in [1.165, 1.54) is 29.6 Å². The highest BCUT2D eigenvalue weighted by Gasteiger charge is 2.31. The predicted octanol–water partition coefficient (Wildman–Crippen LogP) is -0.208. The lowest BCUT2D eigenvalue weighted by molar-refractivity contribution is -0.385. The maximum atomic E-state index is 12.7. The van der Waals surface area contributed by atoms with Crippen LogP contribution in [0.25, 0.3) is 0 Å². The Kier molecular flexibility index (Phi) is 6.64. The Balaban J connectivity index is 2.03. The van der Waals surface area contributed by atoms with E-state index < -0.39 is 14.9 Å². The van der Waals surface area contributed by atoms with E-state index in [1.807, 2.05) is 0 Å². The van der Waals surface area contributed by atoms with Gasteiger partial charge in [-0.05, 0) is 6.07 Å². The fourth-order valence-corrected chi connectivity index (χ4v) is 4.13. The van der Waals surface area contributed by atoms with E-state index in [9.17, 15) is 23.3 Å². The Labute approximate surface area is 151 Å². The van der Waals surface area contributed by atoms with Crippen molar-refractivity contribution in [2.24, 2.45) is 5.73 Å². The maximum absolute atomic E-state index is 12.7. The van der Waals surface area contributed by atoms with Gasteiger partial charge >= 0.3 is 0 Å². The molecular weight excluding hydrogens is 364 g/mol. The predicted molar refractivity (Wildman–Crippen MR) is 92.9 cm³/mol. The molecule has 10 nitrogen and oxygen atoms in total. The van der Waals surface area contributed by atoms with Crippen LogP contribution in [0.5, 0.6) is 0 Å². The van der Waals surface area contributed by atoms with E-state index in [0.717, 1.165) is 6.07 Å². The topological polar surface area (TPSA) is 136 Å². The number of hydrogen-bond acceptors (Lipinski definition) is 7. The second-order valence-corrected chi connectivity index (χ2v) is 7.77. The summed E-state index contributed by atoms with van der Waals surface area (Å²) in [6, 6.07) is 4.93. The zero-order valence-electron chi connectivity index (χ0n) is 14.4. The standard InChI is InChI=1S/C15H22N4O6S/c1-25-13(11-16)10-15(20)17-5-7-18(8-6-17)26(23,24)14-4-2-3-12(9-14)19(21)22/h2-4,9,13H,5-8,10-11,16H2,1H3. The molecule has 1 aromatic rings. The Hall–Kier alpha value is -2.08. The van der Waals surface area contributed by atoms with Crippen LogP contribution in [0, 0.1) is 10.1 Å². The molecule has 1 unspecified atom stereocenters. The lowest BCUT2D eigenvalue weighted by Crippen LogP contribution is -2.51. The number of carbonyl (C=O) groups is 1. The normalized spacial score (nSPS) is 17.1. The van der Waals surface area contributed by atoms with Gasteiger partial charge in [0.15, 0.2) is 0 Å². The zero-order chi connectivity index (χ0) is 19.3. The van der Waals surface area contributed by atoms with E-state index in [-0.39, 0.29) is 61.7 Å². The van der Waals surface area contributed by atoms with Crippen LogP contribution >= 0.6 is 0 Å². The average molecular weight is 386 g/mol. The molecule has 0 spiro atoms. The van der Waals surface area contributed by atoms with E-state index in [4.69, 9.17) is 10.5 Å². The van der Waals surface area contributed by atoms with Crippen molar-refractivity contribution in [1.82, 2.24) is 9.21 Å². The minimum absolute atomic E-state index is 0.122. The number of amides is 1. The lowest BCUT2D eigenvalue weighted by atomic mass is 10.2. The molecule has 1 aliphatic rings. The van der Waals surface area contributed by atoms with Crippen LogP contribution in [0.4, 0.5) is 5.69 Å². The first kappa shape index (κ1) is 20.2. The summed E-state index contributed by atoms with van der Waals surface area (Å²) in [6.45, 7) is 0.958. The Morgan fingerprint density at radius 3 is 2.54 bits per heavy atom. The average Bonchev–Trinajstić information content (AvgIpc) is 2.66. The van der Waals surface area contributed by atoms with Gasteiger partial charge in [0.2, 0.25) is 15.9 Å². The number of rotatable bonds is 7. The highest BCUT2D eigenvalue weighted by Crippen LogP contribution is 2.22. The number of nitrogens with zero attached hydrogens (tertiary/aromatic N) is 3. The van der Waals surface area contributed by atoms with Gasteiger partial charge in [0.25, 0.3) is 5.69 Å². The lowest BCUT2D eigenvalue weighted by Gasteiger charge is -2.34. The Bertz CT molecular complexity index is 757. The van der Waals surface area contributed by atoms with Crippen molar-refractivity contribution in [3.05, 3.63) is 34.4 Å². The minimum atomic E-state index is -3.85. The van der Waals surface area contributed by atoms with Gasteiger partial charge < -0.3 is 15.4 Å². The summed E-state index contributed by atoms with van der Waals surface area (Å²) in [5.41, 5.74) is 5.22. The molecule has 1 aliphatic heterocycles. The fourth-order valence-electron chi connectivity index (χ4n) is 2.67. The number of methoxy groups -OCH3 is 1. The van der Waals surface area contributed by atoms with Gasteiger partial charge in [0.05, 0.1) is 22.3 Å². The van der Waals surface area contributed by atoms with Gasteiger partial charge in [-0.3, -0.25) is 14.9 Å². The first-order valence-electron chi connectivity index (χ1n) is 8.05. The molecule has 0 radical (unpaired) electrons. The third-order valence-corrected chi connectivity index (χ3v) is 6.15. The fraction of sp³-hybridized carbons (Fsp3) is 0.533. The van der Waals surface area contributed by atoms with Crippen LogP contribution in [0.3, 0.4) is 0 Å². The maximum Gasteiger partial charge on any atom is 0.270 e. The monoisotopic (exact) mass is 386 g/mol. The van der Waals surface area contributed by atoms with Crippen LogP contribution in [-0.4, -0.2) is 74.4 Å². The first-order chi connectivity index (χ1) is 12.3. The summed E-state index contributed by atoms with van der Waals surface area (Å²) in [7, 11) is -2.37. The summed E-state index contributed by atoms with van der Waals surface area (Å²) in [5.74, 6) is -0.144. The molecule has 1 atom stereocenters. The molecule has 1 saturated heterocycles. The summed E-state index contributed by atoms with van der Waals surface area (Å²) in [6.07, 6.45) is -0.223. The minimum Gasteiger partial charge on any atom is -0.380 e. The number of nitro benzene ring substituents is 1. The molecule has 1 amide bonds. The van der Waals surface area contributed by atoms with E-state index in [0.29, 0.717) is 0 Å². The number of hydrogen-bond donors (Lipinski definition) is 1. The quantitative estimate of drug-likeness (QED) is 0.506. The van der Waals surface area contributed by atoms with E-state index >= 15 is 0 Å². The SMILES string of the molecule is COC(CN)CC(=O)N1CCN(S(=O)(=O)c2cccc([N+](=O)[O-])c2)CC1. The largest absolute Gasteiger partial charge is 0.380 e. The van der Waals surface area contributed by atoms with Crippen LogP contribution in [0.2, 0.25) is 0 Å². The molecule has 1 fully saturated rings. The summed E-state index contributed by atoms with van der Waals surface area (Å²) < 4.78 is 31.7. The number of sulfonamides is 1. The molecule has 2 rings (SSSR count). The van der Waals surface area contributed by atoms with Gasteiger partial charge in [-0.25, -0.2) is 8.42 Å². The van der Waals surface area contributed by atoms with Crippen LogP contribution < -0.4 is 5.73 Å². The van der Waals surface area contributed by atoms with Crippen molar-refractivity contribution in [1.29, 1.82) is 0 Å². The number of nitrogens with two attached hydrogens (primary N) is 1. The summed E-state index contributed by atoms with van der Waals surface area (Å²) in [5, 5.41) is 10.8. The van der Waals surface area contributed by atoms with Crippen molar-refractivity contribution >= 4 is 21.6 Å². The summed E-state index contributed by atoms with van der Waals surface area (Å²) in [4.78, 5) is 23.9. The second-order valence-electron chi connectivity index (χ2n) is 5.84. The van der Waals surface area contributed by atoms with Gasteiger partial charge in [0.1, 0.15) is 0 Å². The van der Waals surface area contributed by atoms with E-state index in [1.54, 1.807) is 4.90 Å². The molecule has 0 aromatic heterocycles. The molecule has 2 N–H and O–H groups in total. The number of non-ortho nitro benzene ring substituents is 1. The molecule has 0 bridgehead atoms. The molecule has 1 heterocycles. The summed E-state index contributed by atoms with van der Waals surface area (Å²) >= 11 is 0. The smallest absolute Gasteiger partial charge is 0.270 e. The van der Waals surface area contributed by atoms with Crippen molar-refractivity contribution in [3.8, 4) is 0 Å². The van der Waals surface area contributed by atoms with Crippen molar-refractivity contribution < 1.29 is 22.9 Å². The highest BCUT2D eigenvalue weighted by atomic mass is 32.2. The number of nitro groups is 1. The third-order valence-electron chi connectivity index (χ3n) is 4.26. The second kappa shape index (κ2) is 8.54. The molecule has 26 heavy (non-hydrogen) atoms. The van der Waals surface area contributed by atoms with Crippen LogP contribution in [0.1, 0.15) is 6.42 Å². The third kappa shape index (κ3) is 4.55. The zero-order valence-corrected chi connectivity index (χ0v) is 15.2. The molecule has 144 valence electrons. The molecule has 11 heteroatoms. The number of ether oxygens (including phenoxy) is 1. The molecule has 0 saturated carbocycles. The molecular formula is C15H22N4O6S. The van der Waals surface area contributed by atoms with Crippen molar-refractivity contribution in [2.45, 2.75) is 17.4 Å². The number of piperazine rings is 1. The van der Waals surface area contributed by atoms with Crippen LogP contribution in [-0.2, 0) is 19.6 Å². The van der Waals surface area contributed by atoms with Crippen LogP contribution in [0.15, 0.2) is 29.2 Å². The van der Waals surface area contributed by atoms with Gasteiger partial charge in [-0.2, -0.15) is 4.31 Å².